The highest BCUT2D eigenvalue weighted by atomic mass is 19.4. The Morgan fingerprint density at radius 2 is 1.78 bits per heavy atom. The fourth-order valence-corrected chi connectivity index (χ4v) is 3.19. The first kappa shape index (κ1) is 22.7. The van der Waals surface area contributed by atoms with E-state index in [0.717, 1.165) is 17.7 Å². The van der Waals surface area contributed by atoms with Crippen molar-refractivity contribution in [3.05, 3.63) is 95.3 Å². The molecule has 1 amide bonds. The lowest BCUT2D eigenvalue weighted by molar-refractivity contribution is -0.137. The van der Waals surface area contributed by atoms with Crippen LogP contribution in [0.4, 0.5) is 18.9 Å². The van der Waals surface area contributed by atoms with E-state index in [2.05, 4.69) is 15.6 Å². The van der Waals surface area contributed by atoms with E-state index >= 15 is 0 Å². The van der Waals surface area contributed by atoms with Gasteiger partial charge in [-0.3, -0.25) is 9.78 Å². The van der Waals surface area contributed by atoms with Crippen molar-refractivity contribution in [1.29, 1.82) is 5.41 Å². The van der Waals surface area contributed by atoms with Crippen LogP contribution in [0.5, 0.6) is 0 Å². The van der Waals surface area contributed by atoms with Gasteiger partial charge in [-0.25, -0.2) is 0 Å². The first-order chi connectivity index (χ1) is 15.2. The SMILES string of the molecule is CN/C=C\C(=N)c1cc(C(=O)Nc2cccnc2-c2ccccc2)c(C)cc1C(F)(F)F. The van der Waals surface area contributed by atoms with Gasteiger partial charge in [0, 0.05) is 29.9 Å². The first-order valence-electron chi connectivity index (χ1n) is 9.68. The minimum absolute atomic E-state index is 0.0403. The Hall–Kier alpha value is -3.94. The number of hydrogen-bond donors (Lipinski definition) is 3. The van der Waals surface area contributed by atoms with Gasteiger partial charge in [0.05, 0.1) is 22.7 Å². The van der Waals surface area contributed by atoms with E-state index in [1.807, 2.05) is 30.3 Å². The lowest BCUT2D eigenvalue weighted by Crippen LogP contribution is -2.19. The van der Waals surface area contributed by atoms with Gasteiger partial charge in [-0.1, -0.05) is 30.3 Å². The van der Waals surface area contributed by atoms with Crippen LogP contribution in [0.2, 0.25) is 0 Å². The van der Waals surface area contributed by atoms with Gasteiger partial charge in [-0.05, 0) is 49.0 Å². The molecule has 32 heavy (non-hydrogen) atoms. The van der Waals surface area contributed by atoms with E-state index in [1.54, 1.807) is 25.4 Å². The van der Waals surface area contributed by atoms with E-state index in [1.165, 1.54) is 19.2 Å². The van der Waals surface area contributed by atoms with E-state index in [4.69, 9.17) is 5.41 Å². The first-order valence-corrected chi connectivity index (χ1v) is 9.68. The van der Waals surface area contributed by atoms with Gasteiger partial charge in [0.15, 0.2) is 0 Å². The van der Waals surface area contributed by atoms with Crippen LogP contribution in [0.1, 0.15) is 27.0 Å². The maximum Gasteiger partial charge on any atom is 0.417 e. The Morgan fingerprint density at radius 1 is 1.06 bits per heavy atom. The molecule has 1 aromatic heterocycles. The molecule has 3 rings (SSSR count). The zero-order chi connectivity index (χ0) is 23.3. The Kier molecular flexibility index (Phi) is 6.73. The summed E-state index contributed by atoms with van der Waals surface area (Å²) in [6.07, 6.45) is -0.520. The van der Waals surface area contributed by atoms with Gasteiger partial charge in [0.1, 0.15) is 0 Å². The number of hydrogen-bond acceptors (Lipinski definition) is 4. The summed E-state index contributed by atoms with van der Waals surface area (Å²) in [5.74, 6) is -0.590. The molecule has 1 heterocycles. The molecule has 0 saturated heterocycles. The van der Waals surface area contributed by atoms with Crippen molar-refractivity contribution in [3.8, 4) is 11.3 Å². The number of alkyl halides is 3. The van der Waals surface area contributed by atoms with Crippen molar-refractivity contribution < 1.29 is 18.0 Å². The second-order valence-electron chi connectivity index (χ2n) is 6.97. The molecule has 0 unspecified atom stereocenters. The van der Waals surface area contributed by atoms with Crippen LogP contribution >= 0.6 is 0 Å². The summed E-state index contributed by atoms with van der Waals surface area (Å²) in [4.78, 5) is 17.4. The predicted octanol–water partition coefficient (Wildman–Crippen LogP) is 5.43. The van der Waals surface area contributed by atoms with Crippen LogP contribution in [-0.2, 0) is 6.18 Å². The van der Waals surface area contributed by atoms with Crippen LogP contribution < -0.4 is 10.6 Å². The molecular formula is C24H21F3N4O. The molecule has 2 aromatic carbocycles. The van der Waals surface area contributed by atoms with Gasteiger partial charge < -0.3 is 16.0 Å². The van der Waals surface area contributed by atoms with Crippen LogP contribution in [-0.4, -0.2) is 23.7 Å². The lowest BCUT2D eigenvalue weighted by Gasteiger charge is -2.17. The fraction of sp³-hybridized carbons (Fsp3) is 0.125. The predicted molar refractivity (Wildman–Crippen MR) is 119 cm³/mol. The maximum absolute atomic E-state index is 13.6. The maximum atomic E-state index is 13.6. The normalized spacial score (nSPS) is 11.4. The van der Waals surface area contributed by atoms with E-state index in [0.29, 0.717) is 11.4 Å². The number of aryl methyl sites for hydroxylation is 1. The Bertz CT molecular complexity index is 1170. The minimum Gasteiger partial charge on any atom is -0.394 e. The average Bonchev–Trinajstić information content (AvgIpc) is 2.77. The summed E-state index contributed by atoms with van der Waals surface area (Å²) < 4.78 is 40.8. The number of rotatable bonds is 6. The number of anilines is 1. The Balaban J connectivity index is 2.03. The van der Waals surface area contributed by atoms with Crippen molar-refractivity contribution in [1.82, 2.24) is 10.3 Å². The van der Waals surface area contributed by atoms with Crippen LogP contribution in [0.25, 0.3) is 11.3 Å². The van der Waals surface area contributed by atoms with Gasteiger partial charge >= 0.3 is 6.18 Å². The van der Waals surface area contributed by atoms with Crippen molar-refractivity contribution in [2.45, 2.75) is 13.1 Å². The van der Waals surface area contributed by atoms with E-state index in [-0.39, 0.29) is 22.4 Å². The monoisotopic (exact) mass is 438 g/mol. The van der Waals surface area contributed by atoms with Gasteiger partial charge in [-0.2, -0.15) is 13.2 Å². The Morgan fingerprint density at radius 3 is 2.44 bits per heavy atom. The largest absolute Gasteiger partial charge is 0.417 e. The van der Waals surface area contributed by atoms with Crippen LogP contribution in [0, 0.1) is 12.3 Å². The standard InChI is InChI=1S/C24H21F3N4O/c1-15-13-19(24(25,26)27)18(20(28)10-12-29-2)14-17(15)23(32)31-21-9-6-11-30-22(21)16-7-4-3-5-8-16/h3-14,28-29H,1-2H3,(H,31,32)/b12-10-,28-20?. The van der Waals surface area contributed by atoms with E-state index < -0.39 is 17.6 Å². The zero-order valence-corrected chi connectivity index (χ0v) is 17.4. The van der Waals surface area contributed by atoms with Crippen molar-refractivity contribution in [2.75, 3.05) is 12.4 Å². The number of nitrogens with zero attached hydrogens (tertiary/aromatic N) is 1. The lowest BCUT2D eigenvalue weighted by atomic mass is 9.95. The molecular weight excluding hydrogens is 417 g/mol. The number of pyridine rings is 1. The van der Waals surface area contributed by atoms with Gasteiger partial charge in [0.25, 0.3) is 5.91 Å². The molecule has 0 aliphatic heterocycles. The highest BCUT2D eigenvalue weighted by Crippen LogP contribution is 2.34. The molecule has 0 saturated carbocycles. The van der Waals surface area contributed by atoms with Crippen molar-refractivity contribution in [3.63, 3.8) is 0 Å². The third-order valence-corrected chi connectivity index (χ3v) is 4.72. The summed E-state index contributed by atoms with van der Waals surface area (Å²) in [6.45, 7) is 1.43. The highest BCUT2D eigenvalue weighted by Gasteiger charge is 2.35. The molecule has 3 aromatic rings. The number of aromatic nitrogens is 1. The molecule has 3 N–H and O–H groups in total. The number of amides is 1. The number of nitrogens with one attached hydrogen (secondary N) is 3. The zero-order valence-electron chi connectivity index (χ0n) is 17.4. The second-order valence-corrected chi connectivity index (χ2v) is 6.97. The van der Waals surface area contributed by atoms with Crippen LogP contribution in [0.15, 0.2) is 73.1 Å². The molecule has 0 aliphatic rings. The second kappa shape index (κ2) is 9.47. The summed E-state index contributed by atoms with van der Waals surface area (Å²) >= 11 is 0. The summed E-state index contributed by atoms with van der Waals surface area (Å²) in [5, 5.41) is 13.5. The molecule has 0 radical (unpaired) electrons. The van der Waals surface area contributed by atoms with E-state index in [9.17, 15) is 18.0 Å². The van der Waals surface area contributed by atoms with Gasteiger partial charge in [0.2, 0.25) is 0 Å². The molecule has 0 aliphatic carbocycles. The third-order valence-electron chi connectivity index (χ3n) is 4.72. The molecule has 8 heteroatoms. The third kappa shape index (κ3) is 5.03. The van der Waals surface area contributed by atoms with Crippen LogP contribution in [0.3, 0.4) is 0 Å². The average molecular weight is 438 g/mol. The minimum atomic E-state index is -4.67. The number of carbonyl (C=O) groups excluding carboxylic acids is 1. The fourth-order valence-electron chi connectivity index (χ4n) is 3.19. The molecule has 0 fully saturated rings. The summed E-state index contributed by atoms with van der Waals surface area (Å²) in [5.41, 5.74) is 0.218. The Labute approximate surface area is 183 Å². The summed E-state index contributed by atoms with van der Waals surface area (Å²) in [6, 6.07) is 14.6. The summed E-state index contributed by atoms with van der Waals surface area (Å²) in [7, 11) is 1.57. The van der Waals surface area contributed by atoms with Gasteiger partial charge in [-0.15, -0.1) is 0 Å². The smallest absolute Gasteiger partial charge is 0.394 e. The molecule has 0 bridgehead atoms. The number of allylic oxidation sites excluding steroid dienone is 1. The topological polar surface area (TPSA) is 77.9 Å². The van der Waals surface area contributed by atoms with Crippen molar-refractivity contribution in [2.24, 2.45) is 0 Å². The number of carbonyl (C=O) groups is 1. The number of benzene rings is 2. The quantitative estimate of drug-likeness (QED) is 0.449. The highest BCUT2D eigenvalue weighted by molar-refractivity contribution is 6.12. The number of halogens is 3. The molecule has 164 valence electrons. The van der Waals surface area contributed by atoms with Crippen molar-refractivity contribution >= 4 is 17.3 Å². The molecule has 0 atom stereocenters. The molecule has 5 nitrogen and oxygen atoms in total. The molecule has 0 spiro atoms.